The van der Waals surface area contributed by atoms with Crippen LogP contribution >= 0.6 is 0 Å². The summed E-state index contributed by atoms with van der Waals surface area (Å²) in [4.78, 5) is 25.5. The van der Waals surface area contributed by atoms with E-state index < -0.39 is 0 Å². The molecule has 1 aliphatic rings. The molecule has 2 atom stereocenters. The van der Waals surface area contributed by atoms with Gasteiger partial charge in [0.15, 0.2) is 0 Å². The smallest absolute Gasteiger partial charge is 0.258 e. The molecular weight excluding hydrogens is 388 g/mol. The summed E-state index contributed by atoms with van der Waals surface area (Å²) in [5.41, 5.74) is 1.07. The number of hydrogen-bond donors (Lipinski definition) is 2. The molecule has 1 heterocycles. The lowest BCUT2D eigenvalue weighted by atomic mass is 9.59. The number of aliphatic hydroxyl groups excluding tert-OH is 1. The highest BCUT2D eigenvalue weighted by Gasteiger charge is 2.40. The number of amides is 1. The zero-order valence-electron chi connectivity index (χ0n) is 20.1. The number of hydrogen-bond acceptors (Lipinski definition) is 3. The maximum Gasteiger partial charge on any atom is 0.258 e. The van der Waals surface area contributed by atoms with Crippen molar-refractivity contribution in [3.05, 3.63) is 40.8 Å². The number of carbonyl (C=O) groups excluding carboxylic acids is 1. The molecule has 0 saturated heterocycles. The van der Waals surface area contributed by atoms with Crippen molar-refractivity contribution in [2.45, 2.75) is 80.2 Å². The first kappa shape index (κ1) is 25.1. The summed E-state index contributed by atoms with van der Waals surface area (Å²) in [6, 6.07) is 7.23. The highest BCUT2D eigenvalue weighted by molar-refractivity contribution is 6.01. The van der Waals surface area contributed by atoms with Crippen molar-refractivity contribution in [3.8, 4) is 0 Å². The maximum atomic E-state index is 12.9. The van der Waals surface area contributed by atoms with Gasteiger partial charge in [-0.25, -0.2) is 0 Å². The fourth-order valence-electron chi connectivity index (χ4n) is 5.44. The zero-order valence-corrected chi connectivity index (χ0v) is 20.1. The van der Waals surface area contributed by atoms with Gasteiger partial charge in [-0.2, -0.15) is 0 Å². The molecule has 2 aromatic rings. The van der Waals surface area contributed by atoms with E-state index in [0.717, 1.165) is 24.6 Å². The van der Waals surface area contributed by atoms with Crippen molar-refractivity contribution < 1.29 is 9.90 Å². The molecule has 1 fully saturated rings. The molecule has 0 spiro atoms. The van der Waals surface area contributed by atoms with E-state index in [1.165, 1.54) is 11.0 Å². The van der Waals surface area contributed by atoms with Crippen LogP contribution in [0.3, 0.4) is 0 Å². The van der Waals surface area contributed by atoms with Gasteiger partial charge in [0.25, 0.3) is 5.56 Å². The summed E-state index contributed by atoms with van der Waals surface area (Å²) in [6.45, 7) is 13.4. The van der Waals surface area contributed by atoms with E-state index in [1.54, 1.807) is 18.3 Å². The SMILES string of the molecule is CC.CCC1(C)CC(CC(=O)Nc2cccc3c(=O)n(CCO)ccc23)CC(C)(C)C1. The number of nitrogens with zero attached hydrogens (tertiary/aromatic N) is 1. The van der Waals surface area contributed by atoms with Gasteiger partial charge >= 0.3 is 0 Å². The molecule has 5 heteroatoms. The van der Waals surface area contributed by atoms with Gasteiger partial charge in [0.2, 0.25) is 5.91 Å². The highest BCUT2D eigenvalue weighted by Crippen LogP contribution is 2.51. The second kappa shape index (κ2) is 10.4. The van der Waals surface area contributed by atoms with Gasteiger partial charge in [-0.3, -0.25) is 9.59 Å². The first-order chi connectivity index (χ1) is 14.7. The lowest BCUT2D eigenvalue weighted by Crippen LogP contribution is -2.36. The summed E-state index contributed by atoms with van der Waals surface area (Å²) >= 11 is 0. The standard InChI is InChI=1S/C24H34N2O3.C2H6/c1-5-24(4)15-17(14-23(2,3)16-24)13-21(28)25-20-8-6-7-19-18(20)9-10-26(11-12-27)22(19)29;1-2/h6-10,17,27H,5,11-16H2,1-4H3,(H,25,28);1-2H3. The van der Waals surface area contributed by atoms with Crippen LogP contribution in [0.2, 0.25) is 0 Å². The minimum absolute atomic E-state index is 0.0122. The molecule has 0 radical (unpaired) electrons. The Morgan fingerprint density at radius 3 is 2.52 bits per heavy atom. The number of pyridine rings is 1. The van der Waals surface area contributed by atoms with Crippen molar-refractivity contribution >= 4 is 22.4 Å². The molecule has 3 rings (SSSR count). The number of benzene rings is 1. The Hall–Kier alpha value is -2.14. The number of rotatable bonds is 6. The first-order valence-electron chi connectivity index (χ1n) is 11.7. The third kappa shape index (κ3) is 6.19. The van der Waals surface area contributed by atoms with E-state index in [2.05, 4.69) is 33.0 Å². The number of carbonyl (C=O) groups is 1. The molecule has 5 nitrogen and oxygen atoms in total. The van der Waals surface area contributed by atoms with Crippen LogP contribution in [-0.4, -0.2) is 22.2 Å². The Morgan fingerprint density at radius 1 is 1.16 bits per heavy atom. The molecule has 1 amide bonds. The summed E-state index contributed by atoms with van der Waals surface area (Å²) in [5, 5.41) is 13.5. The quantitative estimate of drug-likeness (QED) is 0.630. The van der Waals surface area contributed by atoms with Crippen molar-refractivity contribution in [2.24, 2.45) is 16.7 Å². The number of fused-ring (bicyclic) bond motifs is 1. The van der Waals surface area contributed by atoms with E-state index in [1.807, 2.05) is 26.0 Å². The number of nitrogens with one attached hydrogen (secondary N) is 1. The molecule has 0 aliphatic heterocycles. The minimum atomic E-state index is -0.152. The molecule has 1 saturated carbocycles. The van der Waals surface area contributed by atoms with Crippen LogP contribution in [0, 0.1) is 16.7 Å². The summed E-state index contributed by atoms with van der Waals surface area (Å²) in [6.07, 6.45) is 6.68. The average Bonchev–Trinajstić information content (AvgIpc) is 2.70. The molecule has 0 bridgehead atoms. The van der Waals surface area contributed by atoms with Gasteiger partial charge in [0.1, 0.15) is 0 Å². The lowest BCUT2D eigenvalue weighted by Gasteiger charge is -2.46. The van der Waals surface area contributed by atoms with Crippen LogP contribution in [0.15, 0.2) is 35.3 Å². The molecular formula is C26H40N2O3. The average molecular weight is 429 g/mol. The third-order valence-corrected chi connectivity index (χ3v) is 6.49. The van der Waals surface area contributed by atoms with E-state index in [-0.39, 0.29) is 30.0 Å². The fourth-order valence-corrected chi connectivity index (χ4v) is 5.44. The third-order valence-electron chi connectivity index (χ3n) is 6.49. The summed E-state index contributed by atoms with van der Waals surface area (Å²) in [7, 11) is 0. The van der Waals surface area contributed by atoms with Crippen molar-refractivity contribution in [1.29, 1.82) is 0 Å². The first-order valence-corrected chi connectivity index (χ1v) is 11.7. The number of aromatic nitrogens is 1. The topological polar surface area (TPSA) is 71.3 Å². The van der Waals surface area contributed by atoms with E-state index in [0.29, 0.717) is 28.8 Å². The minimum Gasteiger partial charge on any atom is -0.395 e. The van der Waals surface area contributed by atoms with Crippen LogP contribution < -0.4 is 10.9 Å². The summed E-state index contributed by atoms with van der Waals surface area (Å²) in [5.74, 6) is 0.388. The van der Waals surface area contributed by atoms with E-state index >= 15 is 0 Å². The molecule has 2 unspecified atom stereocenters. The van der Waals surface area contributed by atoms with Gasteiger partial charge in [0, 0.05) is 35.6 Å². The Labute approximate surface area is 186 Å². The predicted octanol–water partition coefficient (Wildman–Crippen LogP) is 5.59. The number of anilines is 1. The Balaban J connectivity index is 0.00000166. The molecule has 172 valence electrons. The van der Waals surface area contributed by atoms with E-state index in [4.69, 9.17) is 5.11 Å². The molecule has 1 aromatic carbocycles. The second-order valence-electron chi connectivity index (χ2n) is 9.84. The van der Waals surface area contributed by atoms with Crippen molar-refractivity contribution in [3.63, 3.8) is 0 Å². The van der Waals surface area contributed by atoms with Crippen LogP contribution in [0.5, 0.6) is 0 Å². The fraction of sp³-hybridized carbons (Fsp3) is 0.615. The Bertz CT molecular complexity index is 947. The van der Waals surface area contributed by atoms with Crippen LogP contribution in [0.1, 0.15) is 73.6 Å². The Kier molecular flexibility index (Phi) is 8.47. The van der Waals surface area contributed by atoms with Crippen molar-refractivity contribution in [2.75, 3.05) is 11.9 Å². The van der Waals surface area contributed by atoms with Crippen LogP contribution in [-0.2, 0) is 11.3 Å². The molecule has 31 heavy (non-hydrogen) atoms. The number of aliphatic hydroxyl groups is 1. The van der Waals surface area contributed by atoms with E-state index in [9.17, 15) is 9.59 Å². The largest absolute Gasteiger partial charge is 0.395 e. The van der Waals surface area contributed by atoms with Gasteiger partial charge in [-0.15, -0.1) is 0 Å². The summed E-state index contributed by atoms with van der Waals surface area (Å²) < 4.78 is 1.49. The monoisotopic (exact) mass is 428 g/mol. The molecule has 1 aromatic heterocycles. The van der Waals surface area contributed by atoms with Crippen molar-refractivity contribution in [1.82, 2.24) is 4.57 Å². The van der Waals surface area contributed by atoms with Gasteiger partial charge in [0.05, 0.1) is 6.61 Å². The van der Waals surface area contributed by atoms with Gasteiger partial charge < -0.3 is 15.0 Å². The second-order valence-corrected chi connectivity index (χ2v) is 9.84. The predicted molar refractivity (Wildman–Crippen MR) is 129 cm³/mol. The molecule has 1 aliphatic carbocycles. The maximum absolute atomic E-state index is 12.9. The van der Waals surface area contributed by atoms with Crippen LogP contribution in [0.4, 0.5) is 5.69 Å². The lowest BCUT2D eigenvalue weighted by molar-refractivity contribution is -0.118. The zero-order chi connectivity index (χ0) is 23.2. The normalized spacial score (nSPS) is 22.5. The molecule has 2 N–H and O–H groups in total. The highest BCUT2D eigenvalue weighted by atomic mass is 16.3. The Morgan fingerprint density at radius 2 is 1.87 bits per heavy atom. The van der Waals surface area contributed by atoms with Gasteiger partial charge in [-0.1, -0.05) is 54.0 Å². The van der Waals surface area contributed by atoms with Crippen LogP contribution in [0.25, 0.3) is 10.8 Å². The van der Waals surface area contributed by atoms with Gasteiger partial charge in [-0.05, 0) is 54.2 Å².